The summed E-state index contributed by atoms with van der Waals surface area (Å²) in [7, 11) is 0. The third kappa shape index (κ3) is 2.65. The maximum Gasteiger partial charge on any atom is 0.304 e. The van der Waals surface area contributed by atoms with Crippen molar-refractivity contribution in [2.24, 2.45) is 0 Å². The van der Waals surface area contributed by atoms with E-state index >= 15 is 0 Å². The molecule has 0 saturated carbocycles. The molecule has 0 spiro atoms. The lowest BCUT2D eigenvalue weighted by Crippen LogP contribution is -2.26. The minimum Gasteiger partial charge on any atom is -0.486 e. The van der Waals surface area contributed by atoms with Crippen LogP contribution in [0.1, 0.15) is 36.2 Å². The fourth-order valence-electron chi connectivity index (χ4n) is 2.39. The molecule has 1 aliphatic heterocycles. The number of benzene rings is 1. The Kier molecular flexibility index (Phi) is 4.04. The van der Waals surface area contributed by atoms with E-state index in [1.807, 2.05) is 13.8 Å². The first kappa shape index (κ1) is 14.8. The summed E-state index contributed by atoms with van der Waals surface area (Å²) < 4.78 is 11.8. The molecule has 1 N–H and O–H groups in total. The van der Waals surface area contributed by atoms with Gasteiger partial charge in [-0.1, -0.05) is 29.8 Å². The second-order valence-electron chi connectivity index (χ2n) is 5.25. The topological polar surface area (TPSA) is 72.8 Å². The maximum absolute atomic E-state index is 11.1. The Labute approximate surface area is 125 Å². The first-order valence-electron chi connectivity index (χ1n) is 6.16. The van der Waals surface area contributed by atoms with Crippen molar-refractivity contribution in [3.05, 3.63) is 21.7 Å². The lowest BCUT2D eigenvalue weighted by atomic mass is 9.80. The normalized spacial score (nSPS) is 13.9. The number of hydrogen-bond acceptors (Lipinski definition) is 4. The predicted octanol–water partition coefficient (Wildman–Crippen LogP) is 2.79. The summed E-state index contributed by atoms with van der Waals surface area (Å²) in [4.78, 5) is 22.2. The highest BCUT2D eigenvalue weighted by Gasteiger charge is 2.34. The first-order chi connectivity index (χ1) is 9.36. The number of fused-ring (bicyclic) bond motifs is 1. The third-order valence-electron chi connectivity index (χ3n) is 3.19. The number of ether oxygens (including phenoxy) is 2. The predicted molar refractivity (Wildman–Crippen MR) is 75.8 cm³/mol. The summed E-state index contributed by atoms with van der Waals surface area (Å²) in [6.07, 6.45) is 0.647. The second kappa shape index (κ2) is 5.44. The number of rotatable bonds is 4. The Balaban J connectivity index is 2.64. The summed E-state index contributed by atoms with van der Waals surface area (Å²) in [5, 5.41) is 9.06. The molecule has 1 aliphatic rings. The van der Waals surface area contributed by atoms with Crippen molar-refractivity contribution in [1.29, 1.82) is 0 Å². The monoisotopic (exact) mass is 342 g/mol. The molecular formula is C14H15BrO5. The molecule has 0 fully saturated rings. The molecule has 0 radical (unpaired) electrons. The minimum absolute atomic E-state index is 0.0537. The van der Waals surface area contributed by atoms with Crippen LogP contribution in [0.4, 0.5) is 0 Å². The number of halogens is 1. The second-order valence-corrected chi connectivity index (χ2v) is 6.10. The van der Waals surface area contributed by atoms with Crippen LogP contribution >= 0.6 is 15.9 Å². The molecule has 6 heteroatoms. The van der Waals surface area contributed by atoms with Crippen LogP contribution < -0.4 is 9.47 Å². The quantitative estimate of drug-likeness (QED) is 0.851. The highest BCUT2D eigenvalue weighted by Crippen LogP contribution is 2.47. The van der Waals surface area contributed by atoms with E-state index in [2.05, 4.69) is 15.9 Å². The molecule has 108 valence electrons. The lowest BCUT2D eigenvalue weighted by molar-refractivity contribution is -0.138. The number of aldehydes is 1. The Morgan fingerprint density at radius 1 is 1.40 bits per heavy atom. The molecule has 0 aliphatic carbocycles. The van der Waals surface area contributed by atoms with Crippen LogP contribution in [0.5, 0.6) is 11.5 Å². The van der Waals surface area contributed by atoms with Crippen LogP contribution in [-0.2, 0) is 10.2 Å². The van der Waals surface area contributed by atoms with E-state index in [1.54, 1.807) is 6.07 Å². The van der Waals surface area contributed by atoms with E-state index in [4.69, 9.17) is 14.6 Å². The van der Waals surface area contributed by atoms with Gasteiger partial charge in [-0.25, -0.2) is 0 Å². The van der Waals surface area contributed by atoms with E-state index in [0.29, 0.717) is 46.6 Å². The van der Waals surface area contributed by atoms with E-state index < -0.39 is 11.4 Å². The summed E-state index contributed by atoms with van der Waals surface area (Å²) in [6, 6.07) is 1.64. The summed E-state index contributed by atoms with van der Waals surface area (Å²) in [5.41, 5.74) is 0.443. The highest BCUT2D eigenvalue weighted by atomic mass is 79.9. The van der Waals surface area contributed by atoms with Crippen molar-refractivity contribution < 1.29 is 24.2 Å². The molecular weight excluding hydrogens is 328 g/mol. The van der Waals surface area contributed by atoms with Gasteiger partial charge in [-0.15, -0.1) is 0 Å². The smallest absolute Gasteiger partial charge is 0.304 e. The molecule has 0 aromatic heterocycles. The van der Waals surface area contributed by atoms with Crippen LogP contribution in [0, 0.1) is 0 Å². The Morgan fingerprint density at radius 2 is 2.00 bits per heavy atom. The molecule has 2 rings (SSSR count). The molecule has 1 aromatic rings. The van der Waals surface area contributed by atoms with Crippen LogP contribution in [0.3, 0.4) is 0 Å². The van der Waals surface area contributed by atoms with Crippen molar-refractivity contribution in [2.45, 2.75) is 25.7 Å². The zero-order valence-corrected chi connectivity index (χ0v) is 12.8. The van der Waals surface area contributed by atoms with Crippen LogP contribution in [-0.4, -0.2) is 30.6 Å². The third-order valence-corrected chi connectivity index (χ3v) is 3.81. The number of carbonyl (C=O) groups is 2. The molecule has 0 atom stereocenters. The summed E-state index contributed by atoms with van der Waals surface area (Å²) in [5.74, 6) is -0.0475. The van der Waals surface area contributed by atoms with Crippen LogP contribution in [0.25, 0.3) is 0 Å². The molecule has 20 heavy (non-hydrogen) atoms. The highest BCUT2D eigenvalue weighted by molar-refractivity contribution is 9.10. The van der Waals surface area contributed by atoms with Gasteiger partial charge in [0.25, 0.3) is 0 Å². The molecule has 5 nitrogen and oxygen atoms in total. The van der Waals surface area contributed by atoms with Crippen molar-refractivity contribution in [3.63, 3.8) is 0 Å². The molecule has 0 bridgehead atoms. The van der Waals surface area contributed by atoms with Crippen molar-refractivity contribution >= 4 is 28.2 Å². The largest absolute Gasteiger partial charge is 0.486 e. The average molecular weight is 343 g/mol. The first-order valence-corrected chi connectivity index (χ1v) is 6.95. The number of carboxylic acids is 1. The maximum atomic E-state index is 11.1. The molecule has 1 heterocycles. The molecule has 0 saturated heterocycles. The van der Waals surface area contributed by atoms with Gasteiger partial charge >= 0.3 is 5.97 Å². The van der Waals surface area contributed by atoms with Gasteiger partial charge in [0.2, 0.25) is 0 Å². The van der Waals surface area contributed by atoms with E-state index in [1.165, 1.54) is 0 Å². The average Bonchev–Trinajstić information content (AvgIpc) is 2.35. The molecule has 0 amide bonds. The van der Waals surface area contributed by atoms with E-state index in [-0.39, 0.29) is 6.42 Å². The summed E-state index contributed by atoms with van der Waals surface area (Å²) >= 11 is 3.41. The Bertz CT molecular complexity index is 565. The molecule has 0 unspecified atom stereocenters. The lowest BCUT2D eigenvalue weighted by Gasteiger charge is -2.31. The van der Waals surface area contributed by atoms with Gasteiger partial charge in [-0.05, 0) is 6.07 Å². The van der Waals surface area contributed by atoms with Gasteiger partial charge in [-0.3, -0.25) is 9.59 Å². The van der Waals surface area contributed by atoms with Gasteiger partial charge in [0.1, 0.15) is 13.2 Å². The van der Waals surface area contributed by atoms with Crippen molar-refractivity contribution in [1.82, 2.24) is 0 Å². The van der Waals surface area contributed by atoms with E-state index in [0.717, 1.165) is 0 Å². The van der Waals surface area contributed by atoms with E-state index in [9.17, 15) is 9.59 Å². The fraction of sp³-hybridized carbons (Fsp3) is 0.429. The van der Waals surface area contributed by atoms with Crippen molar-refractivity contribution in [3.8, 4) is 11.5 Å². The molecule has 1 aromatic carbocycles. The number of hydrogen-bond donors (Lipinski definition) is 1. The van der Waals surface area contributed by atoms with Gasteiger partial charge in [0.15, 0.2) is 17.8 Å². The van der Waals surface area contributed by atoms with Crippen LogP contribution in [0.2, 0.25) is 0 Å². The standard InChI is InChI=1S/C14H15BrO5/c1-14(2,6-10(17)18)11-9(15)5-8(7-16)12-13(11)20-4-3-19-12/h5,7H,3-4,6H2,1-2H3,(H,17,18). The van der Waals surface area contributed by atoms with Gasteiger partial charge in [-0.2, -0.15) is 0 Å². The Morgan fingerprint density at radius 3 is 2.55 bits per heavy atom. The van der Waals surface area contributed by atoms with Gasteiger partial charge < -0.3 is 14.6 Å². The van der Waals surface area contributed by atoms with Crippen molar-refractivity contribution in [2.75, 3.05) is 13.2 Å². The number of aliphatic carboxylic acids is 1. The van der Waals surface area contributed by atoms with Crippen LogP contribution in [0.15, 0.2) is 10.5 Å². The zero-order chi connectivity index (χ0) is 14.9. The van der Waals surface area contributed by atoms with Gasteiger partial charge in [0, 0.05) is 15.5 Å². The Hall–Kier alpha value is -1.56. The number of carboxylic acid groups (broad SMARTS) is 1. The van der Waals surface area contributed by atoms with Gasteiger partial charge in [0.05, 0.1) is 12.0 Å². The zero-order valence-electron chi connectivity index (χ0n) is 11.2. The number of carbonyl (C=O) groups excluding carboxylic acids is 1. The minimum atomic E-state index is -0.896. The fourth-order valence-corrected chi connectivity index (χ4v) is 3.35. The summed E-state index contributed by atoms with van der Waals surface area (Å²) in [6.45, 7) is 4.38. The SMILES string of the molecule is CC(C)(CC(=O)O)c1c(Br)cc(C=O)c2c1OCCO2.